The molecule has 1 aromatic heterocycles. The van der Waals surface area contributed by atoms with Crippen LogP contribution in [0.1, 0.15) is 0 Å². The van der Waals surface area contributed by atoms with Crippen LogP contribution in [0.3, 0.4) is 0 Å². The Hall–Kier alpha value is -2.64. The molecule has 6 nitrogen and oxygen atoms in total. The highest BCUT2D eigenvalue weighted by molar-refractivity contribution is 7.92. The lowest BCUT2D eigenvalue weighted by atomic mass is 10.1. The van der Waals surface area contributed by atoms with Gasteiger partial charge in [0.1, 0.15) is 0 Å². The minimum Gasteiger partial charge on any atom is -0.502 e. The molecule has 0 atom stereocenters. The lowest BCUT2D eigenvalue weighted by Crippen LogP contribution is -2.12. The predicted molar refractivity (Wildman–Crippen MR) is 89.7 cm³/mol. The van der Waals surface area contributed by atoms with Crippen LogP contribution in [-0.4, -0.2) is 18.6 Å². The van der Waals surface area contributed by atoms with E-state index in [0.717, 1.165) is 0 Å². The Labute approximate surface area is 143 Å². The van der Waals surface area contributed by atoms with E-state index < -0.39 is 27.4 Å². The summed E-state index contributed by atoms with van der Waals surface area (Å²) in [6.45, 7) is 0. The maximum atomic E-state index is 12.3. The van der Waals surface area contributed by atoms with Crippen molar-refractivity contribution in [2.24, 2.45) is 0 Å². The zero-order valence-corrected chi connectivity index (χ0v) is 13.7. The average molecular weight is 366 g/mol. The lowest BCUT2D eigenvalue weighted by Gasteiger charge is -2.05. The van der Waals surface area contributed by atoms with Crippen LogP contribution in [-0.2, 0) is 10.0 Å². The Bertz CT molecular complexity index is 983. The molecule has 0 aliphatic rings. The van der Waals surface area contributed by atoms with Crippen molar-refractivity contribution < 1.29 is 23.0 Å². The van der Waals surface area contributed by atoms with Crippen molar-refractivity contribution in [2.75, 3.05) is 4.72 Å². The largest absolute Gasteiger partial charge is 0.502 e. The first-order valence-electron chi connectivity index (χ1n) is 6.77. The molecule has 0 saturated heterocycles. The monoisotopic (exact) mass is 365 g/mol. The summed E-state index contributed by atoms with van der Waals surface area (Å²) in [6, 6.07) is 14.0. The van der Waals surface area contributed by atoms with Crippen LogP contribution in [0.15, 0.2) is 63.9 Å². The molecule has 124 valence electrons. The van der Waals surface area contributed by atoms with E-state index in [1.54, 1.807) is 42.5 Å². The third-order valence-electron chi connectivity index (χ3n) is 3.26. The molecule has 0 aliphatic carbocycles. The fourth-order valence-corrected chi connectivity index (χ4v) is 3.33. The summed E-state index contributed by atoms with van der Waals surface area (Å²) in [5, 5.41) is 20.3. The van der Waals surface area contributed by atoms with E-state index in [0.29, 0.717) is 5.56 Å². The summed E-state index contributed by atoms with van der Waals surface area (Å²) in [4.78, 5) is -0.0143. The van der Waals surface area contributed by atoms with Crippen molar-refractivity contribution in [1.82, 2.24) is 0 Å². The highest BCUT2D eigenvalue weighted by atomic mass is 35.5. The van der Waals surface area contributed by atoms with Crippen LogP contribution in [0, 0.1) is 0 Å². The van der Waals surface area contributed by atoms with Crippen molar-refractivity contribution >= 4 is 27.5 Å². The van der Waals surface area contributed by atoms with E-state index >= 15 is 0 Å². The third kappa shape index (κ3) is 2.91. The Morgan fingerprint density at radius 1 is 0.917 bits per heavy atom. The quantitative estimate of drug-likeness (QED) is 0.652. The molecule has 0 spiro atoms. The van der Waals surface area contributed by atoms with E-state index in [9.17, 15) is 18.6 Å². The molecule has 0 aliphatic heterocycles. The van der Waals surface area contributed by atoms with E-state index in [-0.39, 0.29) is 15.7 Å². The molecule has 8 heteroatoms. The molecular formula is C16H12ClNO5S. The summed E-state index contributed by atoms with van der Waals surface area (Å²) in [5.74, 6) is -1.95. The Kier molecular flexibility index (Phi) is 4.13. The van der Waals surface area contributed by atoms with E-state index in [1.165, 1.54) is 12.1 Å². The summed E-state index contributed by atoms with van der Waals surface area (Å²) in [6.07, 6.45) is 0. The Morgan fingerprint density at radius 2 is 1.54 bits per heavy atom. The van der Waals surface area contributed by atoms with Gasteiger partial charge in [-0.15, -0.1) is 0 Å². The zero-order chi connectivity index (χ0) is 17.3. The molecule has 3 N–H and O–H groups in total. The smallest absolute Gasteiger partial charge is 0.264 e. The van der Waals surface area contributed by atoms with Crippen LogP contribution >= 0.6 is 11.6 Å². The number of benzene rings is 2. The molecular weight excluding hydrogens is 354 g/mol. The van der Waals surface area contributed by atoms with Crippen molar-refractivity contribution in [3.63, 3.8) is 0 Å². The highest BCUT2D eigenvalue weighted by Crippen LogP contribution is 2.47. The summed E-state index contributed by atoms with van der Waals surface area (Å²) >= 11 is 6.03. The van der Waals surface area contributed by atoms with Gasteiger partial charge < -0.3 is 14.6 Å². The first-order chi connectivity index (χ1) is 11.4. The molecule has 0 radical (unpaired) electrons. The Balaban J connectivity index is 2.02. The van der Waals surface area contributed by atoms with Crippen LogP contribution in [0.25, 0.3) is 11.3 Å². The number of sulfonamides is 1. The molecule has 3 rings (SSSR count). The maximum absolute atomic E-state index is 12.3. The predicted octanol–water partition coefficient (Wildman–Crippen LogP) is 3.81. The highest BCUT2D eigenvalue weighted by Gasteiger charge is 2.26. The summed E-state index contributed by atoms with van der Waals surface area (Å²) in [7, 11) is -3.98. The molecule has 2 aromatic carbocycles. The fourth-order valence-electron chi connectivity index (χ4n) is 2.09. The molecule has 0 fully saturated rings. The van der Waals surface area contributed by atoms with E-state index in [4.69, 9.17) is 16.0 Å². The van der Waals surface area contributed by atoms with Gasteiger partial charge in [0.2, 0.25) is 11.5 Å². The molecule has 24 heavy (non-hydrogen) atoms. The number of hydrogen-bond acceptors (Lipinski definition) is 5. The lowest BCUT2D eigenvalue weighted by molar-refractivity contribution is 0.410. The van der Waals surface area contributed by atoms with Crippen LogP contribution in [0.4, 0.5) is 5.88 Å². The second-order valence-electron chi connectivity index (χ2n) is 4.86. The van der Waals surface area contributed by atoms with Gasteiger partial charge in [-0.2, -0.15) is 0 Å². The number of rotatable bonds is 4. The number of hydrogen-bond donors (Lipinski definition) is 3. The summed E-state index contributed by atoms with van der Waals surface area (Å²) in [5.41, 5.74) is 0.317. The average Bonchev–Trinajstić information content (AvgIpc) is 2.84. The van der Waals surface area contributed by atoms with Gasteiger partial charge in [-0.05, 0) is 24.3 Å². The van der Waals surface area contributed by atoms with E-state index in [2.05, 4.69) is 4.72 Å². The minimum absolute atomic E-state index is 0.0143. The van der Waals surface area contributed by atoms with Crippen LogP contribution in [0.5, 0.6) is 11.5 Å². The topological polar surface area (TPSA) is 99.8 Å². The standard InChI is InChI=1S/C16H12ClNO5S/c17-12-9-5-4-8-11(12)15-13(19)14(20)16(23-15)18-24(21,22)10-6-2-1-3-7-10/h1-9,18-20H. The van der Waals surface area contributed by atoms with E-state index in [1.807, 2.05) is 0 Å². The molecule has 0 unspecified atom stereocenters. The molecule has 0 bridgehead atoms. The van der Waals surface area contributed by atoms with Crippen molar-refractivity contribution in [2.45, 2.75) is 4.90 Å². The van der Waals surface area contributed by atoms with Gasteiger partial charge in [-0.1, -0.05) is 41.9 Å². The minimum atomic E-state index is -3.98. The molecule has 1 heterocycles. The van der Waals surface area contributed by atoms with Gasteiger partial charge >= 0.3 is 0 Å². The summed E-state index contributed by atoms with van der Waals surface area (Å²) < 4.78 is 32.0. The van der Waals surface area contributed by atoms with Gasteiger partial charge in [-0.25, -0.2) is 13.1 Å². The van der Waals surface area contributed by atoms with Gasteiger partial charge in [0.05, 0.1) is 9.92 Å². The van der Waals surface area contributed by atoms with Gasteiger partial charge in [-0.3, -0.25) is 0 Å². The van der Waals surface area contributed by atoms with Crippen molar-refractivity contribution in [3.8, 4) is 22.8 Å². The SMILES string of the molecule is O=S(=O)(Nc1oc(-c2ccccc2Cl)c(O)c1O)c1ccccc1. The number of halogens is 1. The van der Waals surface area contributed by atoms with Crippen molar-refractivity contribution in [3.05, 3.63) is 59.6 Å². The molecule has 0 amide bonds. The second-order valence-corrected chi connectivity index (χ2v) is 6.95. The number of furan rings is 1. The molecule has 3 aromatic rings. The number of nitrogens with one attached hydrogen (secondary N) is 1. The second kappa shape index (κ2) is 6.10. The normalized spacial score (nSPS) is 11.4. The number of aromatic hydroxyl groups is 2. The first kappa shape index (κ1) is 16.2. The number of anilines is 1. The van der Waals surface area contributed by atoms with Crippen LogP contribution < -0.4 is 4.72 Å². The zero-order valence-electron chi connectivity index (χ0n) is 12.1. The maximum Gasteiger partial charge on any atom is 0.264 e. The van der Waals surface area contributed by atoms with Gasteiger partial charge in [0.15, 0.2) is 5.76 Å². The van der Waals surface area contributed by atoms with Gasteiger partial charge in [0, 0.05) is 5.56 Å². The fraction of sp³-hybridized carbons (Fsp3) is 0. The molecule has 0 saturated carbocycles. The van der Waals surface area contributed by atoms with Gasteiger partial charge in [0.25, 0.3) is 15.9 Å². The van der Waals surface area contributed by atoms with Crippen molar-refractivity contribution in [1.29, 1.82) is 0 Å². The third-order valence-corrected chi connectivity index (χ3v) is 4.93. The first-order valence-corrected chi connectivity index (χ1v) is 8.64. The Morgan fingerprint density at radius 3 is 2.21 bits per heavy atom. The van der Waals surface area contributed by atoms with Crippen LogP contribution in [0.2, 0.25) is 5.02 Å².